The second kappa shape index (κ2) is 11.6. The molecule has 0 radical (unpaired) electrons. The molecular formula is C23H27N3O2. The molecule has 0 aromatic heterocycles. The smallest absolute Gasteiger partial charge is 0.267 e. The lowest BCUT2D eigenvalue weighted by atomic mass is 10.1. The van der Waals surface area contributed by atoms with Gasteiger partial charge in [0.25, 0.3) is 5.91 Å². The zero-order valence-corrected chi connectivity index (χ0v) is 16.3. The van der Waals surface area contributed by atoms with Gasteiger partial charge in [0.2, 0.25) is 0 Å². The fourth-order valence-corrected chi connectivity index (χ4v) is 2.79. The number of anilines is 1. The van der Waals surface area contributed by atoms with Crippen LogP contribution in [-0.4, -0.2) is 29.1 Å². The van der Waals surface area contributed by atoms with Crippen molar-refractivity contribution in [3.8, 4) is 6.07 Å². The molecule has 2 aromatic carbocycles. The number of nitrogens with zero attached hydrogens (tertiary/aromatic N) is 2. The topological polar surface area (TPSA) is 76.4 Å². The van der Waals surface area contributed by atoms with Gasteiger partial charge in [-0.3, -0.25) is 4.79 Å². The van der Waals surface area contributed by atoms with Crippen LogP contribution in [0.15, 0.2) is 66.4 Å². The first-order valence-electron chi connectivity index (χ1n) is 9.57. The van der Waals surface area contributed by atoms with Crippen LogP contribution in [0.25, 0.3) is 0 Å². The Morgan fingerprint density at radius 1 is 1.14 bits per heavy atom. The number of benzene rings is 2. The molecule has 146 valence electrons. The summed E-state index contributed by atoms with van der Waals surface area (Å²) in [6.45, 7) is 2.93. The number of amides is 1. The summed E-state index contributed by atoms with van der Waals surface area (Å²) in [6, 6.07) is 19.4. The van der Waals surface area contributed by atoms with Crippen LogP contribution in [0.3, 0.4) is 0 Å². The number of carbonyl (C=O) groups is 1. The molecule has 0 bridgehead atoms. The Hall–Kier alpha value is -3.10. The van der Waals surface area contributed by atoms with Crippen LogP contribution in [0.1, 0.15) is 30.9 Å². The van der Waals surface area contributed by atoms with Gasteiger partial charge in [-0.25, -0.2) is 0 Å². The van der Waals surface area contributed by atoms with E-state index >= 15 is 0 Å². The SMILES string of the molecule is CCCCc1ccc(NC(=O)/C(C#N)=C\N(CCO)Cc2ccccc2)cc1. The van der Waals surface area contributed by atoms with Crippen LogP contribution in [0.5, 0.6) is 0 Å². The van der Waals surface area contributed by atoms with Gasteiger partial charge in [-0.05, 0) is 36.1 Å². The summed E-state index contributed by atoms with van der Waals surface area (Å²) in [7, 11) is 0. The number of aliphatic hydroxyl groups is 1. The molecule has 2 N–H and O–H groups in total. The average Bonchev–Trinajstić information content (AvgIpc) is 2.72. The summed E-state index contributed by atoms with van der Waals surface area (Å²) in [5.74, 6) is -0.459. The van der Waals surface area contributed by atoms with Gasteiger partial charge in [0.15, 0.2) is 0 Å². The fraction of sp³-hybridized carbons (Fsp3) is 0.304. The van der Waals surface area contributed by atoms with Gasteiger partial charge in [-0.15, -0.1) is 0 Å². The maximum absolute atomic E-state index is 12.5. The van der Waals surface area contributed by atoms with E-state index in [-0.39, 0.29) is 12.2 Å². The molecule has 1 amide bonds. The lowest BCUT2D eigenvalue weighted by molar-refractivity contribution is -0.112. The Bertz CT molecular complexity index is 808. The molecule has 5 heteroatoms. The zero-order valence-electron chi connectivity index (χ0n) is 16.3. The van der Waals surface area contributed by atoms with Crippen molar-refractivity contribution in [2.24, 2.45) is 0 Å². The predicted octanol–water partition coefficient (Wildman–Crippen LogP) is 3.87. The Balaban J connectivity index is 2.06. The Kier molecular flexibility index (Phi) is 8.77. The second-order valence-corrected chi connectivity index (χ2v) is 6.59. The predicted molar refractivity (Wildman–Crippen MR) is 111 cm³/mol. The highest BCUT2D eigenvalue weighted by molar-refractivity contribution is 6.06. The van der Waals surface area contributed by atoms with Crippen molar-refractivity contribution in [2.45, 2.75) is 32.7 Å². The van der Waals surface area contributed by atoms with Crippen molar-refractivity contribution in [1.29, 1.82) is 5.26 Å². The van der Waals surface area contributed by atoms with Crippen LogP contribution >= 0.6 is 0 Å². The number of rotatable bonds is 10. The van der Waals surface area contributed by atoms with Gasteiger partial charge < -0.3 is 15.3 Å². The molecule has 0 unspecified atom stereocenters. The van der Waals surface area contributed by atoms with Crippen LogP contribution in [0.2, 0.25) is 0 Å². The molecule has 0 heterocycles. The number of nitrogens with one attached hydrogen (secondary N) is 1. The van der Waals surface area contributed by atoms with E-state index in [1.54, 1.807) is 4.90 Å². The highest BCUT2D eigenvalue weighted by Gasteiger charge is 2.12. The van der Waals surface area contributed by atoms with Gasteiger partial charge in [0.1, 0.15) is 11.6 Å². The van der Waals surface area contributed by atoms with Crippen LogP contribution in [0, 0.1) is 11.3 Å². The highest BCUT2D eigenvalue weighted by atomic mass is 16.3. The standard InChI is InChI=1S/C23H27N3O2/c1-2-3-7-19-10-12-22(13-11-19)25-23(28)21(16-24)18-26(14-15-27)17-20-8-5-4-6-9-20/h4-6,8-13,18,27H,2-3,7,14-15,17H2,1H3,(H,25,28)/b21-18-. The number of aliphatic hydroxyl groups excluding tert-OH is 1. The lowest BCUT2D eigenvalue weighted by Crippen LogP contribution is -2.23. The van der Waals surface area contributed by atoms with E-state index in [0.717, 1.165) is 24.8 Å². The minimum atomic E-state index is -0.459. The highest BCUT2D eigenvalue weighted by Crippen LogP contribution is 2.13. The first-order valence-corrected chi connectivity index (χ1v) is 9.57. The van der Waals surface area contributed by atoms with Crippen molar-refractivity contribution in [1.82, 2.24) is 4.90 Å². The van der Waals surface area contributed by atoms with Gasteiger partial charge in [0.05, 0.1) is 6.61 Å². The minimum Gasteiger partial charge on any atom is -0.395 e. The number of carbonyl (C=O) groups excluding carboxylic acids is 1. The molecule has 0 aliphatic rings. The van der Waals surface area contributed by atoms with Gasteiger partial charge in [-0.1, -0.05) is 55.8 Å². The van der Waals surface area contributed by atoms with Crippen LogP contribution in [0.4, 0.5) is 5.69 Å². The van der Waals surface area contributed by atoms with Crippen LogP contribution in [-0.2, 0) is 17.8 Å². The third-order valence-corrected chi connectivity index (χ3v) is 4.32. The van der Waals surface area contributed by atoms with E-state index < -0.39 is 5.91 Å². The van der Waals surface area contributed by atoms with Gasteiger partial charge >= 0.3 is 0 Å². The van der Waals surface area contributed by atoms with E-state index in [9.17, 15) is 15.2 Å². The Labute approximate surface area is 166 Å². The molecule has 5 nitrogen and oxygen atoms in total. The summed E-state index contributed by atoms with van der Waals surface area (Å²) in [5.41, 5.74) is 2.92. The molecule has 0 aliphatic heterocycles. The maximum Gasteiger partial charge on any atom is 0.267 e. The molecule has 28 heavy (non-hydrogen) atoms. The van der Waals surface area contributed by atoms with Crippen molar-refractivity contribution in [3.05, 3.63) is 77.5 Å². The molecule has 0 aliphatic carbocycles. The van der Waals surface area contributed by atoms with Crippen molar-refractivity contribution >= 4 is 11.6 Å². The summed E-state index contributed by atoms with van der Waals surface area (Å²) in [4.78, 5) is 14.3. The molecular weight excluding hydrogens is 350 g/mol. The van der Waals surface area contributed by atoms with Crippen LogP contribution < -0.4 is 5.32 Å². The first kappa shape index (κ1) is 21.2. The molecule has 2 rings (SSSR count). The monoisotopic (exact) mass is 377 g/mol. The van der Waals surface area contributed by atoms with E-state index in [4.69, 9.17) is 0 Å². The Morgan fingerprint density at radius 2 is 1.86 bits per heavy atom. The Morgan fingerprint density at radius 3 is 2.46 bits per heavy atom. The number of unbranched alkanes of at least 4 members (excludes halogenated alkanes) is 1. The summed E-state index contributed by atoms with van der Waals surface area (Å²) < 4.78 is 0. The largest absolute Gasteiger partial charge is 0.395 e. The maximum atomic E-state index is 12.5. The quantitative estimate of drug-likeness (QED) is 0.487. The molecule has 2 aromatic rings. The first-order chi connectivity index (χ1) is 13.7. The number of aryl methyl sites for hydroxylation is 1. The van der Waals surface area contributed by atoms with E-state index in [0.29, 0.717) is 18.8 Å². The summed E-state index contributed by atoms with van der Waals surface area (Å²) in [6.07, 6.45) is 4.80. The van der Waals surface area contributed by atoms with Gasteiger partial charge in [-0.2, -0.15) is 5.26 Å². The number of hydrogen-bond acceptors (Lipinski definition) is 4. The number of nitriles is 1. The number of hydrogen-bond donors (Lipinski definition) is 2. The molecule has 0 saturated heterocycles. The van der Waals surface area contributed by atoms with Crippen molar-refractivity contribution in [3.63, 3.8) is 0 Å². The van der Waals surface area contributed by atoms with E-state index in [2.05, 4.69) is 12.2 Å². The molecule has 0 spiro atoms. The van der Waals surface area contributed by atoms with E-state index in [1.807, 2.05) is 60.7 Å². The van der Waals surface area contributed by atoms with E-state index in [1.165, 1.54) is 11.8 Å². The lowest BCUT2D eigenvalue weighted by Gasteiger charge is -2.20. The van der Waals surface area contributed by atoms with Crippen molar-refractivity contribution < 1.29 is 9.90 Å². The zero-order chi connectivity index (χ0) is 20.2. The molecule has 0 atom stereocenters. The van der Waals surface area contributed by atoms with Gasteiger partial charge in [0, 0.05) is 25.0 Å². The fourth-order valence-electron chi connectivity index (χ4n) is 2.79. The molecule has 0 saturated carbocycles. The normalized spacial score (nSPS) is 11.0. The minimum absolute atomic E-state index is 0.000518. The summed E-state index contributed by atoms with van der Waals surface area (Å²) in [5, 5.41) is 21.5. The average molecular weight is 377 g/mol. The summed E-state index contributed by atoms with van der Waals surface area (Å²) >= 11 is 0. The molecule has 0 fully saturated rings. The van der Waals surface area contributed by atoms with Crippen molar-refractivity contribution in [2.75, 3.05) is 18.5 Å². The third kappa shape index (κ3) is 6.90. The third-order valence-electron chi connectivity index (χ3n) is 4.32. The second-order valence-electron chi connectivity index (χ2n) is 6.59.